The Hall–Kier alpha value is -2.29. The zero-order chi connectivity index (χ0) is 21.6. The number of hydrogen-bond acceptors (Lipinski definition) is 6. The van der Waals surface area contributed by atoms with Gasteiger partial charge in [-0.05, 0) is 56.5 Å². The number of hydrogen-bond donors (Lipinski definition) is 3. The van der Waals surface area contributed by atoms with Crippen LogP contribution in [0.15, 0.2) is 18.2 Å². The molecule has 0 aliphatic carbocycles. The summed E-state index contributed by atoms with van der Waals surface area (Å²) in [5.74, 6) is -0.735. The molecule has 166 valence electrons. The Bertz CT molecular complexity index is 910. The molecule has 4 aliphatic rings. The minimum atomic E-state index is -0.571. The number of carbonyl (C=O) groups excluding carboxylic acids is 3. The summed E-state index contributed by atoms with van der Waals surface area (Å²) >= 11 is 0. The number of piperidine rings is 2. The van der Waals surface area contributed by atoms with Crippen molar-refractivity contribution < 1.29 is 14.4 Å². The summed E-state index contributed by atoms with van der Waals surface area (Å²) in [4.78, 5) is 41.0. The van der Waals surface area contributed by atoms with Crippen LogP contribution in [0.3, 0.4) is 0 Å². The van der Waals surface area contributed by atoms with Gasteiger partial charge in [-0.25, -0.2) is 0 Å². The molecular weight excluding hydrogens is 394 g/mol. The lowest BCUT2D eigenvalue weighted by Crippen LogP contribution is -2.61. The maximum Gasteiger partial charge on any atom is 0.255 e. The number of likely N-dealkylation sites (N-methyl/N-ethyl adjacent to an activating group) is 1. The first-order valence-electron chi connectivity index (χ1n) is 11.4. The summed E-state index contributed by atoms with van der Waals surface area (Å²) in [6, 6.07) is 5.70. The summed E-state index contributed by atoms with van der Waals surface area (Å²) < 4.78 is 0. The summed E-state index contributed by atoms with van der Waals surface area (Å²) in [7, 11) is 2.23. The average Bonchev–Trinajstić information content (AvgIpc) is 3.25. The van der Waals surface area contributed by atoms with Gasteiger partial charge in [0.15, 0.2) is 0 Å². The number of amides is 3. The van der Waals surface area contributed by atoms with Crippen molar-refractivity contribution in [3.8, 4) is 0 Å². The van der Waals surface area contributed by atoms with Crippen molar-refractivity contribution in [1.29, 1.82) is 0 Å². The second-order valence-corrected chi connectivity index (χ2v) is 9.37. The SMILES string of the molecule is CN1CCC(NCc2cccc3c2CN(C2CCC(=O)NC2=O)C3=O)C12CCCNC2. The van der Waals surface area contributed by atoms with E-state index in [0.717, 1.165) is 37.2 Å². The number of nitrogens with one attached hydrogen (secondary N) is 3. The third-order valence-electron chi connectivity index (χ3n) is 7.77. The van der Waals surface area contributed by atoms with Gasteiger partial charge in [-0.2, -0.15) is 0 Å². The second kappa shape index (κ2) is 8.00. The quantitative estimate of drug-likeness (QED) is 0.604. The molecule has 8 nitrogen and oxygen atoms in total. The molecule has 3 amide bonds. The minimum absolute atomic E-state index is 0.111. The van der Waals surface area contributed by atoms with Gasteiger partial charge in [-0.3, -0.25) is 24.6 Å². The average molecular weight is 426 g/mol. The van der Waals surface area contributed by atoms with E-state index < -0.39 is 6.04 Å². The lowest BCUT2D eigenvalue weighted by atomic mass is 9.83. The molecule has 4 aliphatic heterocycles. The van der Waals surface area contributed by atoms with Crippen molar-refractivity contribution >= 4 is 17.7 Å². The highest BCUT2D eigenvalue weighted by atomic mass is 16.2. The monoisotopic (exact) mass is 425 g/mol. The van der Waals surface area contributed by atoms with Gasteiger partial charge in [-0.1, -0.05) is 12.1 Å². The van der Waals surface area contributed by atoms with Crippen LogP contribution < -0.4 is 16.0 Å². The number of fused-ring (bicyclic) bond motifs is 1. The van der Waals surface area contributed by atoms with Crippen LogP contribution in [-0.2, 0) is 22.7 Å². The van der Waals surface area contributed by atoms with Gasteiger partial charge in [0.05, 0.1) is 0 Å². The smallest absolute Gasteiger partial charge is 0.255 e. The molecule has 0 bridgehead atoms. The fourth-order valence-corrected chi connectivity index (χ4v) is 5.96. The molecule has 1 aromatic carbocycles. The molecule has 3 atom stereocenters. The van der Waals surface area contributed by atoms with Gasteiger partial charge in [0.1, 0.15) is 6.04 Å². The molecule has 31 heavy (non-hydrogen) atoms. The highest BCUT2D eigenvalue weighted by Gasteiger charge is 2.47. The Kier molecular flexibility index (Phi) is 5.32. The summed E-state index contributed by atoms with van der Waals surface area (Å²) in [5, 5.41) is 9.76. The fourth-order valence-electron chi connectivity index (χ4n) is 5.96. The van der Waals surface area contributed by atoms with Crippen molar-refractivity contribution in [2.45, 2.75) is 62.8 Å². The third kappa shape index (κ3) is 3.46. The molecule has 3 saturated heterocycles. The first-order valence-corrected chi connectivity index (χ1v) is 11.4. The third-order valence-corrected chi connectivity index (χ3v) is 7.77. The summed E-state index contributed by atoms with van der Waals surface area (Å²) in [6.07, 6.45) is 4.17. The van der Waals surface area contributed by atoms with Crippen LogP contribution in [0, 0.1) is 0 Å². The first-order chi connectivity index (χ1) is 15.0. The van der Waals surface area contributed by atoms with Gasteiger partial charge in [-0.15, -0.1) is 0 Å². The van der Waals surface area contributed by atoms with Gasteiger partial charge in [0, 0.05) is 49.7 Å². The Labute approximate surface area is 182 Å². The Balaban J connectivity index is 1.32. The predicted molar refractivity (Wildman–Crippen MR) is 115 cm³/mol. The first kappa shape index (κ1) is 20.6. The largest absolute Gasteiger partial charge is 0.322 e. The van der Waals surface area contributed by atoms with Crippen LogP contribution in [0.5, 0.6) is 0 Å². The van der Waals surface area contributed by atoms with E-state index >= 15 is 0 Å². The zero-order valence-electron chi connectivity index (χ0n) is 18.1. The van der Waals surface area contributed by atoms with Crippen LogP contribution in [-0.4, -0.2) is 71.8 Å². The standard InChI is InChI=1S/C23H31N5O3/c1-27-11-8-19(23(27)9-3-10-24-14-23)25-12-15-4-2-5-16-17(15)13-28(22(16)31)18-6-7-20(29)26-21(18)30/h2,4-5,18-19,24-25H,3,6-14H2,1H3,(H,26,29,30). The molecule has 0 aromatic heterocycles. The Morgan fingerprint density at radius 2 is 2.10 bits per heavy atom. The molecule has 1 spiro atoms. The Morgan fingerprint density at radius 3 is 2.87 bits per heavy atom. The van der Waals surface area contributed by atoms with Gasteiger partial charge >= 0.3 is 0 Å². The van der Waals surface area contributed by atoms with Crippen LogP contribution in [0.2, 0.25) is 0 Å². The molecular formula is C23H31N5O3. The molecule has 1 aromatic rings. The molecule has 8 heteroatoms. The lowest BCUT2D eigenvalue weighted by Gasteiger charge is -2.44. The van der Waals surface area contributed by atoms with E-state index in [1.165, 1.54) is 12.8 Å². The zero-order valence-corrected chi connectivity index (χ0v) is 18.1. The van der Waals surface area contributed by atoms with Gasteiger partial charge in [0.2, 0.25) is 11.8 Å². The van der Waals surface area contributed by atoms with E-state index in [4.69, 9.17) is 0 Å². The van der Waals surface area contributed by atoms with Crippen LogP contribution >= 0.6 is 0 Å². The van der Waals surface area contributed by atoms with Crippen molar-refractivity contribution in [2.75, 3.05) is 26.7 Å². The van der Waals surface area contributed by atoms with Crippen molar-refractivity contribution in [1.82, 2.24) is 25.8 Å². The van der Waals surface area contributed by atoms with Crippen molar-refractivity contribution in [3.63, 3.8) is 0 Å². The van der Waals surface area contributed by atoms with E-state index in [2.05, 4.69) is 34.0 Å². The van der Waals surface area contributed by atoms with E-state index in [9.17, 15) is 14.4 Å². The number of carbonyl (C=O) groups is 3. The number of likely N-dealkylation sites (tertiary alicyclic amines) is 1. The molecule has 3 N–H and O–H groups in total. The second-order valence-electron chi connectivity index (χ2n) is 9.37. The van der Waals surface area contributed by atoms with E-state index in [-0.39, 0.29) is 29.7 Å². The number of imide groups is 1. The molecule has 0 radical (unpaired) electrons. The van der Waals surface area contributed by atoms with Gasteiger partial charge in [0.25, 0.3) is 5.91 Å². The van der Waals surface area contributed by atoms with E-state index in [0.29, 0.717) is 31.1 Å². The number of nitrogens with zero attached hydrogens (tertiary/aromatic N) is 2. The topological polar surface area (TPSA) is 93.8 Å². The van der Waals surface area contributed by atoms with Crippen molar-refractivity contribution in [3.05, 3.63) is 34.9 Å². The maximum absolute atomic E-state index is 13.0. The highest BCUT2D eigenvalue weighted by molar-refractivity contribution is 6.05. The van der Waals surface area contributed by atoms with Crippen LogP contribution in [0.1, 0.15) is 53.6 Å². The predicted octanol–water partition coefficient (Wildman–Crippen LogP) is 0.364. The highest BCUT2D eigenvalue weighted by Crippen LogP contribution is 2.35. The molecule has 3 unspecified atom stereocenters. The van der Waals surface area contributed by atoms with Crippen LogP contribution in [0.4, 0.5) is 0 Å². The number of rotatable bonds is 4. The summed E-state index contributed by atoms with van der Waals surface area (Å²) in [5.41, 5.74) is 2.97. The molecule has 4 heterocycles. The normalized spacial score (nSPS) is 31.4. The summed E-state index contributed by atoms with van der Waals surface area (Å²) in [6.45, 7) is 4.33. The van der Waals surface area contributed by atoms with Gasteiger partial charge < -0.3 is 15.5 Å². The lowest BCUT2D eigenvalue weighted by molar-refractivity contribution is -0.136. The van der Waals surface area contributed by atoms with Crippen molar-refractivity contribution in [2.24, 2.45) is 0 Å². The molecule has 3 fully saturated rings. The molecule has 5 rings (SSSR count). The van der Waals surface area contributed by atoms with E-state index in [1.807, 2.05) is 12.1 Å². The maximum atomic E-state index is 13.0. The van der Waals surface area contributed by atoms with Crippen LogP contribution in [0.25, 0.3) is 0 Å². The minimum Gasteiger partial charge on any atom is -0.322 e. The van der Waals surface area contributed by atoms with E-state index in [1.54, 1.807) is 4.90 Å². The molecule has 0 saturated carbocycles. The fraction of sp³-hybridized carbons (Fsp3) is 0.609. The number of benzene rings is 1. The Morgan fingerprint density at radius 1 is 1.23 bits per heavy atom.